The summed E-state index contributed by atoms with van der Waals surface area (Å²) >= 11 is -2.17. The van der Waals surface area contributed by atoms with Crippen molar-refractivity contribution in [2.45, 2.75) is 88.9 Å². The molecule has 5 nitrogen and oxygen atoms in total. The number of pyridine rings is 2. The number of hydrogen-bond donors (Lipinski definition) is 0. The third-order valence-electron chi connectivity index (χ3n) is 14.2. The van der Waals surface area contributed by atoms with Crippen LogP contribution < -0.4 is 4.40 Å². The Kier molecular flexibility index (Phi) is 13.4. The van der Waals surface area contributed by atoms with Crippen LogP contribution in [0, 0.1) is 17.9 Å². The monoisotopic (exact) mass is 1200 g/mol. The second kappa shape index (κ2) is 20.1. The maximum absolute atomic E-state index is 14.4. The second-order valence-electron chi connectivity index (χ2n) is 21.4. The molecule has 7 aromatic carbocycles. The van der Waals surface area contributed by atoms with Crippen molar-refractivity contribution in [3.8, 4) is 50.6 Å². The third-order valence-corrected chi connectivity index (χ3v) is 18.5. The summed E-state index contributed by atoms with van der Waals surface area (Å²) in [5, 5.41) is 4.42. The molecule has 0 N–H and O–H groups in total. The molecule has 0 atom stereocenters. The fourth-order valence-corrected chi connectivity index (χ4v) is 13.7. The molecular weight excluding hydrogens is 1140 g/mol. The van der Waals surface area contributed by atoms with Crippen molar-refractivity contribution in [2.75, 3.05) is 0 Å². The molecule has 12 rings (SSSR count). The second-order valence-corrected chi connectivity index (χ2v) is 32.0. The topological polar surface area (TPSA) is 56.7 Å². The van der Waals surface area contributed by atoms with Gasteiger partial charge >= 0.3 is 160 Å². The number of aromatic nitrogens is 4. The molecule has 0 aliphatic heterocycles. The van der Waals surface area contributed by atoms with Crippen molar-refractivity contribution >= 4 is 61.4 Å². The zero-order valence-corrected chi connectivity index (χ0v) is 47.2. The van der Waals surface area contributed by atoms with Gasteiger partial charge in [-0.3, -0.25) is 9.97 Å². The number of furan rings is 1. The van der Waals surface area contributed by atoms with Gasteiger partial charge in [0.2, 0.25) is 0 Å². The van der Waals surface area contributed by atoms with Gasteiger partial charge in [-0.05, 0) is 65.8 Å². The van der Waals surface area contributed by atoms with Crippen LogP contribution in [0.4, 0.5) is 4.39 Å². The van der Waals surface area contributed by atoms with Crippen molar-refractivity contribution in [2.24, 2.45) is 0 Å². The number of rotatable bonds is 7. The molecule has 0 fully saturated rings. The van der Waals surface area contributed by atoms with E-state index in [1.54, 1.807) is 6.07 Å². The Bertz CT molecular complexity index is 3880. The largest absolute Gasteiger partial charge is 0 e. The van der Waals surface area contributed by atoms with Gasteiger partial charge in [0.05, 0.1) is 22.4 Å². The van der Waals surface area contributed by atoms with Crippen LogP contribution >= 0.6 is 0 Å². The molecule has 367 valence electrons. The molecule has 0 saturated carbocycles. The summed E-state index contributed by atoms with van der Waals surface area (Å²) < 4.78 is 33.4. The molecule has 0 bridgehead atoms. The van der Waals surface area contributed by atoms with E-state index in [0.29, 0.717) is 5.56 Å². The van der Waals surface area contributed by atoms with E-state index in [2.05, 4.69) is 151 Å². The average Bonchev–Trinajstić information content (AvgIpc) is 3.99. The summed E-state index contributed by atoms with van der Waals surface area (Å²) in [5.41, 5.74) is 15.6. The van der Waals surface area contributed by atoms with Crippen molar-refractivity contribution < 1.29 is 30.3 Å². The molecule has 1 radical (unpaired) electrons. The third kappa shape index (κ3) is 9.52. The zero-order valence-electron chi connectivity index (χ0n) is 43.7. The van der Waals surface area contributed by atoms with Gasteiger partial charge in [-0.1, -0.05) is 98.5 Å². The first-order chi connectivity index (χ1) is 35.0. The summed E-state index contributed by atoms with van der Waals surface area (Å²) in [4.78, 5) is 15.0. The molecule has 0 spiro atoms. The van der Waals surface area contributed by atoms with Gasteiger partial charge in [0.15, 0.2) is 0 Å². The Hall–Kier alpha value is -6.51. The van der Waals surface area contributed by atoms with Crippen LogP contribution in [0.3, 0.4) is 0 Å². The predicted molar refractivity (Wildman–Crippen MR) is 300 cm³/mol. The van der Waals surface area contributed by atoms with E-state index >= 15 is 0 Å². The van der Waals surface area contributed by atoms with E-state index in [1.165, 1.54) is 51.1 Å². The number of fused-ring (bicyclic) bond motifs is 8. The standard InChI is InChI=1S/C42H34N3O.C23H25FGeN.Ir/c1-42(2,3)28-21-23-36(33(24-28)26-12-5-4-6-13-26)45-37-22-20-27-14-7-8-15-29(27)38(37)44-41(45)32-18-11-17-30-34-25-43-35-19-10-9-16-31(35)40(34)46-39(30)32;1-16(2)19-14-23(26-15-22(19)25(3,4)5)18-11-12-21(24)20(13-18)17-9-7-6-8-10-17;/h4-8,11-15,17,20-25H,9-10,16,19H2,1-3H3;6-10,12-16H,1-5H3;/q2*-1;/i;16D;. The number of nitrogens with zero attached hydrogens (tertiary/aromatic N) is 4. The first kappa shape index (κ1) is 48.7. The summed E-state index contributed by atoms with van der Waals surface area (Å²) in [5.74, 6) is 6.73. The number of imidazole rings is 1. The minimum absolute atomic E-state index is 0. The predicted octanol–water partition coefficient (Wildman–Crippen LogP) is 16.8. The van der Waals surface area contributed by atoms with Gasteiger partial charge in [0.1, 0.15) is 5.58 Å². The van der Waals surface area contributed by atoms with Crippen LogP contribution in [0.1, 0.15) is 77.1 Å². The van der Waals surface area contributed by atoms with Crippen LogP contribution in [0.25, 0.3) is 94.3 Å². The van der Waals surface area contributed by atoms with Gasteiger partial charge in [0.25, 0.3) is 0 Å². The molecule has 4 heterocycles. The van der Waals surface area contributed by atoms with E-state index in [9.17, 15) is 4.39 Å². The van der Waals surface area contributed by atoms with E-state index < -0.39 is 19.2 Å². The molecule has 1 aliphatic carbocycles. The van der Waals surface area contributed by atoms with Crippen molar-refractivity contribution in [3.63, 3.8) is 0 Å². The van der Waals surface area contributed by atoms with Gasteiger partial charge < -0.3 is 8.98 Å². The van der Waals surface area contributed by atoms with Crippen LogP contribution in [0.5, 0.6) is 0 Å². The fraction of sp³-hybridized carbons (Fsp3) is 0.215. The number of halogens is 1. The van der Waals surface area contributed by atoms with E-state index in [4.69, 9.17) is 15.8 Å². The maximum atomic E-state index is 14.4. The molecule has 0 amide bonds. The summed E-state index contributed by atoms with van der Waals surface area (Å²) in [6.45, 7) is 10.6. The summed E-state index contributed by atoms with van der Waals surface area (Å²) in [6, 6.07) is 55.9. The normalized spacial score (nSPS) is 13.1. The zero-order chi connectivity index (χ0) is 50.8. The molecule has 0 saturated heterocycles. The quantitative estimate of drug-likeness (QED) is 0.118. The van der Waals surface area contributed by atoms with Crippen LogP contribution in [0.15, 0.2) is 162 Å². The van der Waals surface area contributed by atoms with Crippen molar-refractivity contribution in [1.82, 2.24) is 19.5 Å². The van der Waals surface area contributed by atoms with Crippen LogP contribution in [0.2, 0.25) is 17.3 Å². The number of aryl methyl sites for hydroxylation is 2. The maximum Gasteiger partial charge on any atom is 0 e. The number of benzene rings is 7. The Balaban J connectivity index is 0.000000192. The van der Waals surface area contributed by atoms with Gasteiger partial charge in [-0.2, -0.15) is 0 Å². The average molecular weight is 1200 g/mol. The summed E-state index contributed by atoms with van der Waals surface area (Å²) in [7, 11) is 0. The van der Waals surface area contributed by atoms with E-state index in [1.807, 2.05) is 68.7 Å². The first-order valence-electron chi connectivity index (χ1n) is 25.7. The van der Waals surface area contributed by atoms with E-state index in [-0.39, 0.29) is 31.3 Å². The molecule has 4 aromatic heterocycles. The molecular formula is C65H59FGeIrN4O-2. The minimum atomic E-state index is -2.17. The Morgan fingerprint density at radius 1 is 0.726 bits per heavy atom. The van der Waals surface area contributed by atoms with E-state index in [0.717, 1.165) is 96.2 Å². The molecule has 11 aromatic rings. The Morgan fingerprint density at radius 2 is 1.44 bits per heavy atom. The smallest absolute Gasteiger partial charge is 0 e. The number of hydrogen-bond acceptors (Lipinski definition) is 4. The first-order valence-corrected chi connectivity index (χ1v) is 32.5. The summed E-state index contributed by atoms with van der Waals surface area (Å²) in [6.07, 6.45) is 8.30. The SMILES string of the molecule is CC(C)(C)c1ccc(-n2c(-c3[c-]ccc4c3oc3c5c(ncc34)CCCC5)nc3c4ccccc4ccc32)c(-c2ccccc2)c1.[2H]C(C)(C)c1cc(-c2[c-]cc(F)c(-c3ccccc3)c2)nc[c]1[Ge]([CH3])([CH3])[CH3].[Ir]. The minimum Gasteiger partial charge on any atom is 0 e. The Morgan fingerprint density at radius 3 is 2.16 bits per heavy atom. The fourth-order valence-electron chi connectivity index (χ4n) is 10.4. The molecule has 0 unspecified atom stereocenters. The molecule has 8 heteroatoms. The van der Waals surface area contributed by atoms with Crippen molar-refractivity contribution in [3.05, 3.63) is 198 Å². The Labute approximate surface area is 446 Å². The van der Waals surface area contributed by atoms with Crippen LogP contribution in [-0.4, -0.2) is 32.8 Å². The van der Waals surface area contributed by atoms with Crippen LogP contribution in [-0.2, 0) is 38.4 Å². The van der Waals surface area contributed by atoms with Gasteiger partial charge in [0, 0.05) is 59.6 Å². The van der Waals surface area contributed by atoms with Gasteiger partial charge in [-0.15, -0.1) is 18.2 Å². The van der Waals surface area contributed by atoms with Gasteiger partial charge in [-0.25, -0.2) is 0 Å². The molecule has 1 aliphatic rings. The molecule has 73 heavy (non-hydrogen) atoms. The van der Waals surface area contributed by atoms with Crippen molar-refractivity contribution in [1.29, 1.82) is 0 Å².